The topological polar surface area (TPSA) is 68.2 Å². The molecule has 6 nitrogen and oxygen atoms in total. The summed E-state index contributed by atoms with van der Waals surface area (Å²) in [5, 5.41) is 0. The van der Waals surface area contributed by atoms with Gasteiger partial charge in [0.1, 0.15) is 17.0 Å². The average molecular weight is 406 g/mol. The maximum atomic E-state index is 14.1. The molecule has 30 heavy (non-hydrogen) atoms. The van der Waals surface area contributed by atoms with Gasteiger partial charge in [-0.05, 0) is 17.2 Å². The van der Waals surface area contributed by atoms with Crippen molar-refractivity contribution in [1.82, 2.24) is 4.90 Å². The fraction of sp³-hybridized carbons (Fsp3) is 0.348. The minimum absolute atomic E-state index is 0.0401. The Bertz CT molecular complexity index is 1110. The molecule has 1 aliphatic carbocycles. The van der Waals surface area contributed by atoms with Crippen LogP contribution in [0.2, 0.25) is 0 Å². The molecule has 2 aromatic carbocycles. The van der Waals surface area contributed by atoms with Crippen LogP contribution < -0.4 is 0 Å². The minimum Gasteiger partial charge on any atom is -0.450 e. The summed E-state index contributed by atoms with van der Waals surface area (Å²) in [6.07, 6.45) is 2.02. The van der Waals surface area contributed by atoms with E-state index in [0.717, 1.165) is 11.1 Å². The van der Waals surface area contributed by atoms with E-state index in [4.69, 9.17) is 9.47 Å². The number of rotatable bonds is 0. The zero-order valence-corrected chi connectivity index (χ0v) is 16.2. The molecule has 1 amide bonds. The van der Waals surface area contributed by atoms with E-state index in [2.05, 4.69) is 4.99 Å². The van der Waals surface area contributed by atoms with Crippen LogP contribution in [0.15, 0.2) is 47.5 Å². The Morgan fingerprint density at radius 2 is 1.60 bits per heavy atom. The van der Waals surface area contributed by atoms with Gasteiger partial charge in [-0.15, -0.1) is 0 Å². The van der Waals surface area contributed by atoms with Crippen molar-refractivity contribution in [3.05, 3.63) is 70.5 Å². The summed E-state index contributed by atoms with van der Waals surface area (Å²) in [4.78, 5) is 31.2. The lowest BCUT2D eigenvalue weighted by Gasteiger charge is -2.39. The van der Waals surface area contributed by atoms with Crippen molar-refractivity contribution in [1.29, 1.82) is 0 Å². The van der Waals surface area contributed by atoms with Crippen molar-refractivity contribution in [3.8, 4) is 0 Å². The van der Waals surface area contributed by atoms with E-state index in [1.165, 1.54) is 6.07 Å². The first kappa shape index (κ1) is 17.6. The van der Waals surface area contributed by atoms with E-state index in [9.17, 15) is 14.0 Å². The van der Waals surface area contributed by atoms with E-state index in [-0.39, 0.29) is 11.5 Å². The van der Waals surface area contributed by atoms with Gasteiger partial charge in [0.15, 0.2) is 0 Å². The van der Waals surface area contributed by atoms with E-state index in [1.807, 2.05) is 29.2 Å². The lowest BCUT2D eigenvalue weighted by molar-refractivity contribution is -0.130. The van der Waals surface area contributed by atoms with Crippen molar-refractivity contribution < 1.29 is 23.5 Å². The molecular weight excluding hydrogens is 387 g/mol. The molecule has 3 heterocycles. The Morgan fingerprint density at radius 3 is 2.30 bits per heavy atom. The Hall–Kier alpha value is -3.22. The number of amidine groups is 1. The molecule has 0 N–H and O–H groups in total. The van der Waals surface area contributed by atoms with Gasteiger partial charge in [0, 0.05) is 44.3 Å². The number of hydrogen-bond donors (Lipinski definition) is 0. The summed E-state index contributed by atoms with van der Waals surface area (Å²) in [5.41, 5.74) is 1.13. The van der Waals surface area contributed by atoms with Gasteiger partial charge < -0.3 is 14.4 Å². The van der Waals surface area contributed by atoms with Crippen LogP contribution in [0.3, 0.4) is 0 Å². The molecular formula is C23H19FN2O4. The summed E-state index contributed by atoms with van der Waals surface area (Å²) < 4.78 is 26.0. The summed E-state index contributed by atoms with van der Waals surface area (Å²) in [6.45, 7) is 0.997. The molecule has 0 radical (unpaired) electrons. The first-order valence-corrected chi connectivity index (χ1v) is 10.2. The van der Waals surface area contributed by atoms with E-state index in [1.54, 1.807) is 12.1 Å². The molecule has 7 heteroatoms. The lowest BCUT2D eigenvalue weighted by atomic mass is 9.84. The second-order valence-corrected chi connectivity index (χ2v) is 8.45. The molecule has 1 fully saturated rings. The van der Waals surface area contributed by atoms with Crippen LogP contribution in [0, 0.1) is 5.82 Å². The number of piperidine rings is 1. The lowest BCUT2D eigenvalue weighted by Crippen LogP contribution is -2.47. The average Bonchev–Trinajstić information content (AvgIpc) is 3.36. The monoisotopic (exact) mass is 406 g/mol. The molecule has 0 saturated carbocycles. The largest absolute Gasteiger partial charge is 0.450 e. The number of carbonyl (C=O) groups is 2. The normalized spacial score (nSPS) is 22.7. The second-order valence-electron chi connectivity index (χ2n) is 8.45. The Balaban J connectivity index is 1.21. The number of aliphatic imine (C=N–C) groups is 1. The SMILES string of the molecule is O=C1OC2(CCN(C3=NC(=O)C4(Cc5ccccc5C4)O3)CC2)c2cccc(F)c21. The van der Waals surface area contributed by atoms with Crippen LogP contribution >= 0.6 is 0 Å². The molecule has 2 aromatic rings. The Labute approximate surface area is 172 Å². The van der Waals surface area contributed by atoms with E-state index < -0.39 is 23.0 Å². The quantitative estimate of drug-likeness (QED) is 0.630. The molecule has 0 aromatic heterocycles. The Kier molecular flexibility index (Phi) is 3.47. The van der Waals surface area contributed by atoms with Crippen LogP contribution in [0.4, 0.5) is 4.39 Å². The predicted molar refractivity (Wildman–Crippen MR) is 104 cm³/mol. The highest BCUT2D eigenvalue weighted by molar-refractivity contribution is 6.02. The number of amides is 1. The third-order valence-corrected chi connectivity index (χ3v) is 6.78. The molecule has 4 aliphatic rings. The predicted octanol–water partition coefficient (Wildman–Crippen LogP) is 2.74. The second kappa shape index (κ2) is 5.90. The van der Waals surface area contributed by atoms with Gasteiger partial charge >= 0.3 is 5.97 Å². The van der Waals surface area contributed by atoms with Gasteiger partial charge in [0.2, 0.25) is 5.60 Å². The number of likely N-dealkylation sites (tertiary alicyclic amines) is 1. The smallest absolute Gasteiger partial charge is 0.342 e. The van der Waals surface area contributed by atoms with Crippen LogP contribution in [0.5, 0.6) is 0 Å². The molecule has 152 valence electrons. The van der Waals surface area contributed by atoms with Gasteiger partial charge in [-0.2, -0.15) is 4.99 Å². The van der Waals surface area contributed by atoms with Gasteiger partial charge in [-0.1, -0.05) is 36.4 Å². The van der Waals surface area contributed by atoms with Crippen molar-refractivity contribution >= 4 is 17.9 Å². The van der Waals surface area contributed by atoms with Crippen LogP contribution in [0.1, 0.15) is 39.9 Å². The molecule has 0 bridgehead atoms. The fourth-order valence-corrected chi connectivity index (χ4v) is 5.19. The molecule has 6 rings (SSSR count). The number of carbonyl (C=O) groups excluding carboxylic acids is 2. The van der Waals surface area contributed by atoms with Gasteiger partial charge in [0.05, 0.1) is 0 Å². The van der Waals surface area contributed by atoms with Crippen LogP contribution in [-0.4, -0.2) is 41.5 Å². The number of benzene rings is 2. The molecule has 2 spiro atoms. The highest BCUT2D eigenvalue weighted by Crippen LogP contribution is 2.45. The van der Waals surface area contributed by atoms with Gasteiger partial charge in [-0.3, -0.25) is 4.79 Å². The van der Waals surface area contributed by atoms with Crippen molar-refractivity contribution in [2.45, 2.75) is 36.9 Å². The van der Waals surface area contributed by atoms with Crippen LogP contribution in [-0.2, 0) is 32.7 Å². The highest BCUT2D eigenvalue weighted by atomic mass is 19.1. The zero-order chi connectivity index (χ0) is 20.5. The first-order chi connectivity index (χ1) is 14.5. The van der Waals surface area contributed by atoms with Crippen molar-refractivity contribution in [3.63, 3.8) is 0 Å². The summed E-state index contributed by atoms with van der Waals surface area (Å²) >= 11 is 0. The Morgan fingerprint density at radius 1 is 0.900 bits per heavy atom. The van der Waals surface area contributed by atoms with E-state index in [0.29, 0.717) is 50.4 Å². The van der Waals surface area contributed by atoms with Crippen molar-refractivity contribution in [2.75, 3.05) is 13.1 Å². The number of esters is 1. The summed E-state index contributed by atoms with van der Waals surface area (Å²) in [6, 6.07) is 13.0. The third-order valence-electron chi connectivity index (χ3n) is 6.78. The van der Waals surface area contributed by atoms with Gasteiger partial charge in [-0.25, -0.2) is 9.18 Å². The summed E-state index contributed by atoms with van der Waals surface area (Å²) in [7, 11) is 0. The maximum Gasteiger partial charge on any atom is 0.342 e. The number of hydrogen-bond acceptors (Lipinski definition) is 5. The number of fused-ring (bicyclic) bond motifs is 3. The highest BCUT2D eigenvalue weighted by Gasteiger charge is 2.54. The first-order valence-electron chi connectivity index (χ1n) is 10.2. The molecule has 3 aliphatic heterocycles. The standard InChI is InChI=1S/C23H19FN2O4/c24-17-7-3-6-16-18(17)19(27)29-22(16)8-10-26(11-9-22)21-25-20(28)23(30-21)12-14-4-1-2-5-15(14)13-23/h1-7H,8-13H2. The third kappa shape index (κ3) is 2.32. The van der Waals surface area contributed by atoms with Gasteiger partial charge in [0.25, 0.3) is 11.9 Å². The molecule has 0 unspecified atom stereocenters. The number of nitrogens with zero attached hydrogens (tertiary/aromatic N) is 2. The van der Waals surface area contributed by atoms with Crippen molar-refractivity contribution in [2.24, 2.45) is 4.99 Å². The molecule has 1 saturated heterocycles. The number of halogens is 1. The fourth-order valence-electron chi connectivity index (χ4n) is 5.19. The van der Waals surface area contributed by atoms with E-state index >= 15 is 0 Å². The zero-order valence-electron chi connectivity index (χ0n) is 16.2. The van der Waals surface area contributed by atoms with Crippen LogP contribution in [0.25, 0.3) is 0 Å². The number of ether oxygens (including phenoxy) is 2. The minimum atomic E-state index is -0.941. The summed E-state index contributed by atoms with van der Waals surface area (Å²) in [5.74, 6) is -1.40. The molecule has 0 atom stereocenters. The maximum absolute atomic E-state index is 14.1.